The number of urea groups is 1. The molecule has 1 aliphatic rings. The Hall–Kier alpha value is -1.95. The van der Waals surface area contributed by atoms with Gasteiger partial charge in [-0.1, -0.05) is 6.92 Å². The number of nitrogens with one attached hydrogen (secondary N) is 2. The van der Waals surface area contributed by atoms with Crippen LogP contribution in [0.3, 0.4) is 0 Å². The van der Waals surface area contributed by atoms with Crippen LogP contribution in [0.2, 0.25) is 0 Å². The molecule has 0 aromatic heterocycles. The molecule has 0 unspecified atom stereocenters. The SMILES string of the molecule is C[C@H](CO)[C@@H](C)NC(=O)Nc1ccc2c(c1)OCCO2. The average Bonchev–Trinajstić information content (AvgIpc) is 2.46. The van der Waals surface area contributed by atoms with Gasteiger partial charge in [-0.15, -0.1) is 0 Å². The van der Waals surface area contributed by atoms with Gasteiger partial charge in [-0.2, -0.15) is 0 Å². The third-order valence-electron chi connectivity index (χ3n) is 3.30. The third-order valence-corrected chi connectivity index (χ3v) is 3.30. The molecule has 1 aliphatic heterocycles. The van der Waals surface area contributed by atoms with Crippen LogP contribution in [0.25, 0.3) is 0 Å². The highest BCUT2D eigenvalue weighted by Gasteiger charge is 2.15. The minimum absolute atomic E-state index is 0.000941. The zero-order valence-electron chi connectivity index (χ0n) is 11.7. The van der Waals surface area contributed by atoms with Crippen LogP contribution < -0.4 is 20.1 Å². The van der Waals surface area contributed by atoms with Crippen molar-refractivity contribution in [2.75, 3.05) is 25.1 Å². The fourth-order valence-electron chi connectivity index (χ4n) is 1.80. The van der Waals surface area contributed by atoms with Crippen molar-refractivity contribution in [2.24, 2.45) is 5.92 Å². The standard InChI is InChI=1S/C14H20N2O4/c1-9(8-17)10(2)15-14(18)16-11-3-4-12-13(7-11)20-6-5-19-12/h3-4,7,9-10,17H,5-6,8H2,1-2H3,(H2,15,16,18)/t9-,10-/m1/s1. The Morgan fingerprint density at radius 3 is 2.70 bits per heavy atom. The Kier molecular flexibility index (Phi) is 4.68. The van der Waals surface area contributed by atoms with E-state index in [0.717, 1.165) is 0 Å². The summed E-state index contributed by atoms with van der Waals surface area (Å²) in [6.07, 6.45) is 0. The van der Waals surface area contributed by atoms with Crippen LogP contribution in [-0.4, -0.2) is 37.0 Å². The summed E-state index contributed by atoms with van der Waals surface area (Å²) in [6.45, 7) is 4.80. The zero-order valence-corrected chi connectivity index (χ0v) is 11.7. The van der Waals surface area contributed by atoms with Gasteiger partial charge in [0, 0.05) is 24.4 Å². The van der Waals surface area contributed by atoms with Crippen molar-refractivity contribution in [3.05, 3.63) is 18.2 Å². The maximum atomic E-state index is 11.8. The second kappa shape index (κ2) is 6.47. The van der Waals surface area contributed by atoms with Crippen molar-refractivity contribution >= 4 is 11.7 Å². The van der Waals surface area contributed by atoms with Crippen LogP contribution in [0.5, 0.6) is 11.5 Å². The predicted octanol–water partition coefficient (Wildman–Crippen LogP) is 1.60. The summed E-state index contributed by atoms with van der Waals surface area (Å²) in [6, 6.07) is 4.83. The first-order valence-corrected chi connectivity index (χ1v) is 6.68. The topological polar surface area (TPSA) is 79.8 Å². The molecule has 0 bridgehead atoms. The molecule has 6 nitrogen and oxygen atoms in total. The van der Waals surface area contributed by atoms with E-state index in [1.165, 1.54) is 0 Å². The minimum Gasteiger partial charge on any atom is -0.486 e. The van der Waals surface area contributed by atoms with E-state index in [2.05, 4.69) is 10.6 Å². The van der Waals surface area contributed by atoms with E-state index in [0.29, 0.717) is 30.4 Å². The first kappa shape index (κ1) is 14.5. The zero-order chi connectivity index (χ0) is 14.5. The molecule has 6 heteroatoms. The van der Waals surface area contributed by atoms with Crippen LogP contribution in [0.15, 0.2) is 18.2 Å². The highest BCUT2D eigenvalue weighted by atomic mass is 16.6. The van der Waals surface area contributed by atoms with E-state index in [9.17, 15) is 4.79 Å². The van der Waals surface area contributed by atoms with Crippen LogP contribution in [0.4, 0.5) is 10.5 Å². The van der Waals surface area contributed by atoms with Crippen LogP contribution in [0.1, 0.15) is 13.8 Å². The van der Waals surface area contributed by atoms with Crippen molar-refractivity contribution in [3.8, 4) is 11.5 Å². The summed E-state index contributed by atoms with van der Waals surface area (Å²) in [5.74, 6) is 1.32. The fourth-order valence-corrected chi connectivity index (χ4v) is 1.80. The number of benzene rings is 1. The van der Waals surface area contributed by atoms with E-state index < -0.39 is 0 Å². The normalized spacial score (nSPS) is 16.1. The third kappa shape index (κ3) is 3.54. The van der Waals surface area contributed by atoms with Gasteiger partial charge >= 0.3 is 6.03 Å². The fraction of sp³-hybridized carbons (Fsp3) is 0.500. The lowest BCUT2D eigenvalue weighted by Gasteiger charge is -2.21. The summed E-state index contributed by atoms with van der Waals surface area (Å²) >= 11 is 0. The number of ether oxygens (including phenoxy) is 2. The smallest absolute Gasteiger partial charge is 0.319 e. The molecule has 110 valence electrons. The number of carbonyl (C=O) groups is 1. The monoisotopic (exact) mass is 280 g/mol. The minimum atomic E-state index is -0.311. The second-order valence-corrected chi connectivity index (χ2v) is 4.91. The van der Waals surface area contributed by atoms with Crippen LogP contribution in [-0.2, 0) is 0 Å². The summed E-state index contributed by atoms with van der Waals surface area (Å²) in [5.41, 5.74) is 0.635. The molecule has 0 aliphatic carbocycles. The van der Waals surface area contributed by atoms with Gasteiger partial charge in [0.1, 0.15) is 13.2 Å². The number of carbonyl (C=O) groups excluding carboxylic acids is 1. The number of fused-ring (bicyclic) bond motifs is 1. The summed E-state index contributed by atoms with van der Waals surface area (Å²) in [4.78, 5) is 11.8. The van der Waals surface area contributed by atoms with Crippen molar-refractivity contribution < 1.29 is 19.4 Å². The lowest BCUT2D eigenvalue weighted by molar-refractivity contribution is 0.171. The van der Waals surface area contributed by atoms with Crippen LogP contribution >= 0.6 is 0 Å². The van der Waals surface area contributed by atoms with Gasteiger partial charge in [-0.05, 0) is 25.0 Å². The van der Waals surface area contributed by atoms with Crippen molar-refractivity contribution in [1.82, 2.24) is 5.32 Å². The van der Waals surface area contributed by atoms with Crippen molar-refractivity contribution in [1.29, 1.82) is 0 Å². The number of aliphatic hydroxyl groups is 1. The quantitative estimate of drug-likeness (QED) is 0.782. The molecule has 0 saturated heterocycles. The molecule has 0 fully saturated rings. The predicted molar refractivity (Wildman–Crippen MR) is 75.3 cm³/mol. The molecule has 0 radical (unpaired) electrons. The largest absolute Gasteiger partial charge is 0.486 e. The van der Waals surface area contributed by atoms with Gasteiger partial charge in [0.15, 0.2) is 11.5 Å². The average molecular weight is 280 g/mol. The molecule has 3 N–H and O–H groups in total. The van der Waals surface area contributed by atoms with E-state index >= 15 is 0 Å². The molecule has 1 aromatic rings. The number of hydrogen-bond donors (Lipinski definition) is 3. The Balaban J connectivity index is 1.94. The molecule has 1 heterocycles. The van der Waals surface area contributed by atoms with Gasteiger partial charge in [0.05, 0.1) is 0 Å². The maximum absolute atomic E-state index is 11.8. The van der Waals surface area contributed by atoms with Gasteiger partial charge in [0.2, 0.25) is 0 Å². The van der Waals surface area contributed by atoms with Gasteiger partial charge < -0.3 is 25.2 Å². The summed E-state index contributed by atoms with van der Waals surface area (Å²) in [7, 11) is 0. The van der Waals surface area contributed by atoms with Gasteiger partial charge in [-0.3, -0.25) is 0 Å². The number of hydrogen-bond acceptors (Lipinski definition) is 4. The highest BCUT2D eigenvalue weighted by Crippen LogP contribution is 2.32. The Morgan fingerprint density at radius 2 is 2.00 bits per heavy atom. The molecule has 2 amide bonds. The van der Waals surface area contributed by atoms with Crippen LogP contribution in [0, 0.1) is 5.92 Å². The second-order valence-electron chi connectivity index (χ2n) is 4.91. The molecule has 0 saturated carbocycles. The van der Waals surface area contributed by atoms with Gasteiger partial charge in [0.25, 0.3) is 0 Å². The lowest BCUT2D eigenvalue weighted by atomic mass is 10.1. The molecule has 2 atom stereocenters. The van der Waals surface area contributed by atoms with Crippen molar-refractivity contribution in [2.45, 2.75) is 19.9 Å². The van der Waals surface area contributed by atoms with E-state index in [1.54, 1.807) is 18.2 Å². The summed E-state index contributed by atoms with van der Waals surface area (Å²) in [5, 5.41) is 14.5. The number of amides is 2. The first-order chi connectivity index (χ1) is 9.60. The Labute approximate surface area is 118 Å². The molecular formula is C14H20N2O4. The maximum Gasteiger partial charge on any atom is 0.319 e. The summed E-state index contributed by atoms with van der Waals surface area (Å²) < 4.78 is 10.9. The molecule has 20 heavy (non-hydrogen) atoms. The van der Waals surface area contributed by atoms with Gasteiger partial charge in [-0.25, -0.2) is 4.79 Å². The lowest BCUT2D eigenvalue weighted by Crippen LogP contribution is -2.40. The van der Waals surface area contributed by atoms with E-state index in [1.807, 2.05) is 13.8 Å². The number of rotatable bonds is 4. The van der Waals surface area contributed by atoms with E-state index in [-0.39, 0.29) is 24.6 Å². The number of anilines is 1. The number of aliphatic hydroxyl groups excluding tert-OH is 1. The molecular weight excluding hydrogens is 260 g/mol. The van der Waals surface area contributed by atoms with Crippen molar-refractivity contribution in [3.63, 3.8) is 0 Å². The molecule has 2 rings (SSSR count). The Morgan fingerprint density at radius 1 is 1.30 bits per heavy atom. The molecule has 1 aromatic carbocycles. The van der Waals surface area contributed by atoms with E-state index in [4.69, 9.17) is 14.6 Å². The molecule has 0 spiro atoms. The Bertz CT molecular complexity index is 478. The first-order valence-electron chi connectivity index (χ1n) is 6.68. The highest BCUT2D eigenvalue weighted by molar-refractivity contribution is 5.89.